The minimum absolute atomic E-state index is 0.137. The van der Waals surface area contributed by atoms with E-state index in [4.69, 9.17) is 4.42 Å². The Bertz CT molecular complexity index is 841. The second kappa shape index (κ2) is 5.33. The minimum atomic E-state index is -0.484. The van der Waals surface area contributed by atoms with Crippen molar-refractivity contribution in [3.05, 3.63) is 64.1 Å². The molecule has 0 aliphatic heterocycles. The van der Waals surface area contributed by atoms with Crippen LogP contribution in [0.4, 0.5) is 10.1 Å². The molecule has 1 amide bonds. The average molecular weight is 348 g/mol. The molecule has 0 radical (unpaired) electrons. The summed E-state index contributed by atoms with van der Waals surface area (Å²) in [7, 11) is 0. The van der Waals surface area contributed by atoms with Crippen LogP contribution in [0.2, 0.25) is 0 Å². The lowest BCUT2D eigenvalue weighted by Crippen LogP contribution is -2.12. The van der Waals surface area contributed by atoms with Crippen molar-refractivity contribution in [1.82, 2.24) is 0 Å². The maximum Gasteiger partial charge on any atom is 0.291 e. The standard InChI is InChI=1S/C16H11BrFNO2/c1-9-5-6-12(18)13(7-9)19-16(20)14-8-10-3-2-4-11(17)15(10)21-14/h2-8H,1H3,(H,19,20). The molecule has 3 nitrogen and oxygen atoms in total. The highest BCUT2D eigenvalue weighted by Crippen LogP contribution is 2.27. The molecule has 0 atom stereocenters. The Morgan fingerprint density at radius 3 is 2.81 bits per heavy atom. The van der Waals surface area contributed by atoms with Gasteiger partial charge in [-0.3, -0.25) is 4.79 Å². The number of carbonyl (C=O) groups is 1. The molecule has 0 spiro atoms. The summed E-state index contributed by atoms with van der Waals surface area (Å²) in [5.74, 6) is -0.827. The van der Waals surface area contributed by atoms with Crippen LogP contribution in [0, 0.1) is 12.7 Å². The Morgan fingerprint density at radius 1 is 1.24 bits per heavy atom. The lowest BCUT2D eigenvalue weighted by atomic mass is 10.2. The summed E-state index contributed by atoms with van der Waals surface area (Å²) in [4.78, 5) is 12.2. The predicted octanol–water partition coefficient (Wildman–Crippen LogP) is 4.90. The maximum absolute atomic E-state index is 13.7. The molecule has 0 saturated heterocycles. The summed E-state index contributed by atoms with van der Waals surface area (Å²) in [6, 6.07) is 11.7. The van der Waals surface area contributed by atoms with Gasteiger partial charge in [0.05, 0.1) is 10.2 Å². The van der Waals surface area contributed by atoms with Crippen molar-refractivity contribution in [2.45, 2.75) is 6.92 Å². The third-order valence-electron chi connectivity index (χ3n) is 3.09. The number of fused-ring (bicyclic) bond motifs is 1. The van der Waals surface area contributed by atoms with Gasteiger partial charge in [-0.2, -0.15) is 0 Å². The van der Waals surface area contributed by atoms with Gasteiger partial charge in [0, 0.05) is 5.39 Å². The second-order valence-corrected chi connectivity index (χ2v) is 5.56. The smallest absolute Gasteiger partial charge is 0.291 e. The molecule has 0 bridgehead atoms. The van der Waals surface area contributed by atoms with E-state index >= 15 is 0 Å². The van der Waals surface area contributed by atoms with E-state index in [1.54, 1.807) is 18.2 Å². The zero-order chi connectivity index (χ0) is 15.0. The van der Waals surface area contributed by atoms with Crippen LogP contribution in [0.3, 0.4) is 0 Å². The van der Waals surface area contributed by atoms with Gasteiger partial charge in [0.25, 0.3) is 5.91 Å². The van der Waals surface area contributed by atoms with Crippen LogP contribution in [0.15, 0.2) is 51.4 Å². The van der Waals surface area contributed by atoms with E-state index < -0.39 is 11.7 Å². The van der Waals surface area contributed by atoms with Crippen molar-refractivity contribution >= 4 is 38.5 Å². The Morgan fingerprint density at radius 2 is 2.05 bits per heavy atom. The van der Waals surface area contributed by atoms with Crippen LogP contribution in [-0.4, -0.2) is 5.91 Å². The summed E-state index contributed by atoms with van der Waals surface area (Å²) < 4.78 is 19.9. The topological polar surface area (TPSA) is 42.2 Å². The molecule has 1 heterocycles. The summed E-state index contributed by atoms with van der Waals surface area (Å²) in [5.41, 5.74) is 1.59. The molecule has 21 heavy (non-hydrogen) atoms. The van der Waals surface area contributed by atoms with E-state index in [0.29, 0.717) is 5.58 Å². The first-order chi connectivity index (χ1) is 10.0. The number of halogens is 2. The fourth-order valence-electron chi connectivity index (χ4n) is 2.06. The van der Waals surface area contributed by atoms with Crippen LogP contribution < -0.4 is 5.32 Å². The predicted molar refractivity (Wildman–Crippen MR) is 83.0 cm³/mol. The zero-order valence-electron chi connectivity index (χ0n) is 11.1. The SMILES string of the molecule is Cc1ccc(F)c(NC(=O)c2cc3cccc(Br)c3o2)c1. The van der Waals surface area contributed by atoms with Crippen molar-refractivity contribution in [2.24, 2.45) is 0 Å². The monoisotopic (exact) mass is 347 g/mol. The van der Waals surface area contributed by atoms with Gasteiger partial charge in [0.1, 0.15) is 11.4 Å². The number of hydrogen-bond acceptors (Lipinski definition) is 2. The van der Waals surface area contributed by atoms with Gasteiger partial charge in [0.15, 0.2) is 5.76 Å². The van der Waals surface area contributed by atoms with E-state index in [1.807, 2.05) is 25.1 Å². The number of furan rings is 1. The molecule has 3 rings (SSSR count). The number of benzene rings is 2. The van der Waals surface area contributed by atoms with Crippen molar-refractivity contribution in [3.8, 4) is 0 Å². The number of carbonyl (C=O) groups excluding carboxylic acids is 1. The van der Waals surface area contributed by atoms with Crippen molar-refractivity contribution < 1.29 is 13.6 Å². The Balaban J connectivity index is 1.93. The summed E-state index contributed by atoms with van der Waals surface area (Å²) in [5, 5.41) is 3.33. The average Bonchev–Trinajstić information content (AvgIpc) is 2.88. The molecular formula is C16H11BrFNO2. The Hall–Kier alpha value is -2.14. The van der Waals surface area contributed by atoms with Crippen LogP contribution in [-0.2, 0) is 0 Å². The van der Waals surface area contributed by atoms with E-state index in [2.05, 4.69) is 21.2 Å². The Kier molecular flexibility index (Phi) is 3.51. The molecule has 0 aliphatic rings. The van der Waals surface area contributed by atoms with Gasteiger partial charge in [-0.05, 0) is 52.7 Å². The maximum atomic E-state index is 13.7. The van der Waals surface area contributed by atoms with Crippen LogP contribution in [0.5, 0.6) is 0 Å². The first kappa shape index (κ1) is 13.8. The highest BCUT2D eigenvalue weighted by atomic mass is 79.9. The second-order valence-electron chi connectivity index (χ2n) is 4.71. The molecule has 5 heteroatoms. The van der Waals surface area contributed by atoms with Gasteiger partial charge in [0.2, 0.25) is 0 Å². The molecule has 0 fully saturated rings. The van der Waals surface area contributed by atoms with Gasteiger partial charge >= 0.3 is 0 Å². The number of rotatable bonds is 2. The van der Waals surface area contributed by atoms with E-state index in [1.165, 1.54) is 6.07 Å². The fraction of sp³-hybridized carbons (Fsp3) is 0.0625. The Labute approximate surface area is 128 Å². The molecule has 0 saturated carbocycles. The molecule has 0 unspecified atom stereocenters. The molecular weight excluding hydrogens is 337 g/mol. The van der Waals surface area contributed by atoms with Crippen molar-refractivity contribution in [1.29, 1.82) is 0 Å². The number of anilines is 1. The molecule has 106 valence electrons. The van der Waals surface area contributed by atoms with Crippen molar-refractivity contribution in [2.75, 3.05) is 5.32 Å². The number of nitrogens with one attached hydrogen (secondary N) is 1. The quantitative estimate of drug-likeness (QED) is 0.716. The normalized spacial score (nSPS) is 10.8. The third kappa shape index (κ3) is 2.69. The summed E-state index contributed by atoms with van der Waals surface area (Å²) in [6.45, 7) is 1.83. The number of amides is 1. The van der Waals surface area contributed by atoms with Crippen LogP contribution >= 0.6 is 15.9 Å². The highest BCUT2D eigenvalue weighted by Gasteiger charge is 2.15. The molecule has 0 aliphatic carbocycles. The highest BCUT2D eigenvalue weighted by molar-refractivity contribution is 9.10. The lowest BCUT2D eigenvalue weighted by molar-refractivity contribution is 0.0998. The van der Waals surface area contributed by atoms with Gasteiger partial charge in [-0.25, -0.2) is 4.39 Å². The number of hydrogen-bond donors (Lipinski definition) is 1. The first-order valence-electron chi connectivity index (χ1n) is 6.30. The van der Waals surface area contributed by atoms with E-state index in [-0.39, 0.29) is 11.4 Å². The first-order valence-corrected chi connectivity index (χ1v) is 7.09. The molecule has 1 N–H and O–H groups in total. The van der Waals surface area contributed by atoms with Crippen LogP contribution in [0.25, 0.3) is 11.0 Å². The zero-order valence-corrected chi connectivity index (χ0v) is 12.7. The summed E-state index contributed by atoms with van der Waals surface area (Å²) in [6.07, 6.45) is 0. The van der Waals surface area contributed by atoms with Crippen LogP contribution in [0.1, 0.15) is 16.1 Å². The van der Waals surface area contributed by atoms with E-state index in [9.17, 15) is 9.18 Å². The largest absolute Gasteiger partial charge is 0.450 e. The van der Waals surface area contributed by atoms with Gasteiger partial charge < -0.3 is 9.73 Å². The minimum Gasteiger partial charge on any atom is -0.450 e. The van der Waals surface area contributed by atoms with Gasteiger partial charge in [-0.1, -0.05) is 18.2 Å². The number of aryl methyl sites for hydroxylation is 1. The molecule has 3 aromatic rings. The third-order valence-corrected chi connectivity index (χ3v) is 3.71. The summed E-state index contributed by atoms with van der Waals surface area (Å²) >= 11 is 3.36. The fourth-order valence-corrected chi connectivity index (χ4v) is 2.52. The van der Waals surface area contributed by atoms with E-state index in [0.717, 1.165) is 15.4 Å². The number of para-hydroxylation sites is 1. The van der Waals surface area contributed by atoms with Gasteiger partial charge in [-0.15, -0.1) is 0 Å². The molecule has 1 aromatic heterocycles. The lowest BCUT2D eigenvalue weighted by Gasteiger charge is -2.05. The van der Waals surface area contributed by atoms with Crippen molar-refractivity contribution in [3.63, 3.8) is 0 Å². The molecule has 2 aromatic carbocycles.